The molecule has 0 aliphatic heterocycles. The topological polar surface area (TPSA) is 97.2 Å². The fraction of sp³-hybridized carbons (Fsp3) is 0.308. The van der Waals surface area contributed by atoms with E-state index >= 15 is 0 Å². The molecule has 12 heteroatoms. The highest BCUT2D eigenvalue weighted by Crippen LogP contribution is 2.41. The van der Waals surface area contributed by atoms with Crippen LogP contribution in [0, 0.1) is 0 Å². The van der Waals surface area contributed by atoms with Crippen molar-refractivity contribution in [3.8, 4) is 5.69 Å². The number of hydrogen-bond donors (Lipinski definition) is 0. The first kappa shape index (κ1) is 25.3. The molecule has 2 aromatic carbocycles. The largest absolute Gasteiger partial charge is 0.462 e. The van der Waals surface area contributed by atoms with E-state index in [-0.39, 0.29) is 42.0 Å². The molecule has 0 radical (unpaired) electrons. The molecule has 0 fully saturated rings. The van der Waals surface area contributed by atoms with E-state index in [1.54, 1.807) is 39.2 Å². The standard InChI is InChI=1S/C26H23F3N4O5/c1-4-38-23(35)17-13-32(14-8-10-20-21(12-14)31(3)24(36)30(20)2)25(37)33(22(17)34)19-11-9-15-16(19)6-5-7-18(15)26(27,28)29/h5-8,10,12-13,19H,4,9,11H2,1-3H3/t19-/m1/s1. The van der Waals surface area contributed by atoms with Gasteiger partial charge in [0.05, 0.1) is 34.9 Å². The second-order valence-corrected chi connectivity index (χ2v) is 9.09. The van der Waals surface area contributed by atoms with E-state index in [0.29, 0.717) is 11.0 Å². The summed E-state index contributed by atoms with van der Waals surface area (Å²) in [5.41, 5.74) is -1.76. The second-order valence-electron chi connectivity index (χ2n) is 9.09. The quantitative estimate of drug-likeness (QED) is 0.380. The molecule has 0 amide bonds. The van der Waals surface area contributed by atoms with Crippen molar-refractivity contribution in [1.82, 2.24) is 18.3 Å². The summed E-state index contributed by atoms with van der Waals surface area (Å²) in [4.78, 5) is 52.3. The van der Waals surface area contributed by atoms with Crippen LogP contribution < -0.4 is 16.9 Å². The molecular weight excluding hydrogens is 505 g/mol. The Hall–Kier alpha value is -4.35. The predicted molar refractivity (Wildman–Crippen MR) is 132 cm³/mol. The highest BCUT2D eigenvalue weighted by molar-refractivity contribution is 5.88. The van der Waals surface area contributed by atoms with E-state index in [2.05, 4.69) is 0 Å². The predicted octanol–water partition coefficient (Wildman–Crippen LogP) is 2.92. The number of aromatic nitrogens is 4. The molecule has 9 nitrogen and oxygen atoms in total. The Kier molecular flexibility index (Phi) is 5.92. The smallest absolute Gasteiger partial charge is 0.416 e. The summed E-state index contributed by atoms with van der Waals surface area (Å²) in [5, 5.41) is 0. The zero-order chi connectivity index (χ0) is 27.5. The Morgan fingerprint density at radius 1 is 1.03 bits per heavy atom. The molecule has 5 rings (SSSR count). The van der Waals surface area contributed by atoms with E-state index in [4.69, 9.17) is 4.74 Å². The lowest BCUT2D eigenvalue weighted by molar-refractivity contribution is -0.138. The minimum Gasteiger partial charge on any atom is -0.462 e. The normalized spacial score (nSPS) is 15.2. The Bertz CT molecular complexity index is 1790. The first-order valence-corrected chi connectivity index (χ1v) is 11.9. The molecule has 1 aliphatic carbocycles. The molecule has 0 saturated carbocycles. The molecule has 0 N–H and O–H groups in total. The third kappa shape index (κ3) is 3.78. The van der Waals surface area contributed by atoms with Crippen LogP contribution in [0.15, 0.2) is 57.0 Å². The SMILES string of the molecule is CCOC(=O)c1cn(-c2ccc3c(c2)n(C)c(=O)n3C)c(=O)n([C@@H]2CCc3c2cccc3C(F)(F)F)c1=O. The summed E-state index contributed by atoms with van der Waals surface area (Å²) in [6, 6.07) is 7.39. The van der Waals surface area contributed by atoms with Crippen LogP contribution in [0.4, 0.5) is 13.2 Å². The summed E-state index contributed by atoms with van der Waals surface area (Å²) in [6.45, 7) is 1.53. The van der Waals surface area contributed by atoms with E-state index in [1.807, 2.05) is 0 Å². The number of aryl methyl sites for hydroxylation is 2. The molecule has 0 spiro atoms. The third-order valence-corrected chi connectivity index (χ3v) is 7.00. The van der Waals surface area contributed by atoms with Crippen LogP contribution in [0.3, 0.4) is 0 Å². The number of hydrogen-bond acceptors (Lipinski definition) is 5. The molecule has 0 unspecified atom stereocenters. The number of imidazole rings is 1. The van der Waals surface area contributed by atoms with Crippen molar-refractivity contribution in [2.75, 3.05) is 6.61 Å². The average molecular weight is 528 g/mol. The molecule has 4 aromatic rings. The van der Waals surface area contributed by atoms with Crippen LogP contribution in [0.5, 0.6) is 0 Å². The van der Waals surface area contributed by atoms with Crippen LogP contribution in [0.1, 0.15) is 46.4 Å². The average Bonchev–Trinajstić information content (AvgIpc) is 3.38. The molecule has 1 atom stereocenters. The molecule has 1 aliphatic rings. The maximum atomic E-state index is 13.8. The summed E-state index contributed by atoms with van der Waals surface area (Å²) < 4.78 is 50.7. The van der Waals surface area contributed by atoms with Gasteiger partial charge in [-0.2, -0.15) is 13.2 Å². The maximum Gasteiger partial charge on any atom is 0.416 e. The third-order valence-electron chi connectivity index (χ3n) is 7.00. The van der Waals surface area contributed by atoms with Gasteiger partial charge in [0.25, 0.3) is 5.56 Å². The number of nitrogens with zero attached hydrogens (tertiary/aromatic N) is 4. The van der Waals surface area contributed by atoms with Crippen LogP contribution in [0.2, 0.25) is 0 Å². The van der Waals surface area contributed by atoms with E-state index in [0.717, 1.165) is 21.4 Å². The van der Waals surface area contributed by atoms with Crippen molar-refractivity contribution in [2.24, 2.45) is 14.1 Å². The van der Waals surface area contributed by atoms with Crippen LogP contribution in [-0.2, 0) is 31.4 Å². The van der Waals surface area contributed by atoms with Gasteiger partial charge >= 0.3 is 23.5 Å². The van der Waals surface area contributed by atoms with Crippen LogP contribution >= 0.6 is 0 Å². The summed E-state index contributed by atoms with van der Waals surface area (Å²) >= 11 is 0. The fourth-order valence-corrected chi connectivity index (χ4v) is 5.19. The van der Waals surface area contributed by atoms with E-state index in [9.17, 15) is 32.3 Å². The molecule has 0 saturated heterocycles. The summed E-state index contributed by atoms with van der Waals surface area (Å²) in [5.74, 6) is -0.963. The van der Waals surface area contributed by atoms with Crippen molar-refractivity contribution in [2.45, 2.75) is 32.0 Å². The lowest BCUT2D eigenvalue weighted by atomic mass is 10.0. The minimum absolute atomic E-state index is 0.00326. The van der Waals surface area contributed by atoms with Gasteiger partial charge in [-0.25, -0.2) is 14.4 Å². The Balaban J connectivity index is 1.78. The lowest BCUT2D eigenvalue weighted by Crippen LogP contribution is -2.44. The van der Waals surface area contributed by atoms with Crippen molar-refractivity contribution < 1.29 is 22.7 Å². The summed E-state index contributed by atoms with van der Waals surface area (Å²) in [6.07, 6.45) is -3.46. The monoisotopic (exact) mass is 528 g/mol. The lowest BCUT2D eigenvalue weighted by Gasteiger charge is -2.19. The Morgan fingerprint density at radius 3 is 2.42 bits per heavy atom. The highest BCUT2D eigenvalue weighted by Gasteiger charge is 2.38. The van der Waals surface area contributed by atoms with Gasteiger partial charge in [0.2, 0.25) is 0 Å². The highest BCUT2D eigenvalue weighted by atomic mass is 19.4. The first-order valence-electron chi connectivity index (χ1n) is 11.9. The number of carbonyl (C=O) groups excluding carboxylic acids is 1. The molecule has 2 aromatic heterocycles. The Labute approximate surface area is 212 Å². The van der Waals surface area contributed by atoms with Gasteiger partial charge in [0.15, 0.2) is 0 Å². The number of fused-ring (bicyclic) bond motifs is 2. The van der Waals surface area contributed by atoms with Crippen molar-refractivity contribution in [1.29, 1.82) is 0 Å². The fourth-order valence-electron chi connectivity index (χ4n) is 5.19. The number of rotatable bonds is 4. The maximum absolute atomic E-state index is 13.8. The van der Waals surface area contributed by atoms with Gasteiger partial charge in [-0.1, -0.05) is 12.1 Å². The molecular formula is C26H23F3N4O5. The van der Waals surface area contributed by atoms with Gasteiger partial charge < -0.3 is 4.74 Å². The van der Waals surface area contributed by atoms with Crippen molar-refractivity contribution >= 4 is 17.0 Å². The minimum atomic E-state index is -4.60. The van der Waals surface area contributed by atoms with Gasteiger partial charge in [0, 0.05) is 20.3 Å². The number of esters is 1. The van der Waals surface area contributed by atoms with Crippen LogP contribution in [0.25, 0.3) is 16.7 Å². The molecule has 0 bridgehead atoms. The molecule has 2 heterocycles. The molecule has 38 heavy (non-hydrogen) atoms. The number of benzene rings is 2. The summed E-state index contributed by atoms with van der Waals surface area (Å²) in [7, 11) is 3.16. The number of halogens is 3. The van der Waals surface area contributed by atoms with Crippen molar-refractivity contribution in [3.05, 3.63) is 96.2 Å². The van der Waals surface area contributed by atoms with E-state index in [1.165, 1.54) is 21.3 Å². The second kappa shape index (κ2) is 8.89. The van der Waals surface area contributed by atoms with E-state index < -0.39 is 40.6 Å². The zero-order valence-electron chi connectivity index (χ0n) is 20.7. The zero-order valence-corrected chi connectivity index (χ0v) is 20.7. The van der Waals surface area contributed by atoms with Gasteiger partial charge in [-0.15, -0.1) is 0 Å². The first-order chi connectivity index (χ1) is 18.0. The number of ether oxygens (including phenoxy) is 1. The van der Waals surface area contributed by atoms with Crippen LogP contribution in [-0.4, -0.2) is 30.8 Å². The number of alkyl halides is 3. The van der Waals surface area contributed by atoms with Gasteiger partial charge in [0.1, 0.15) is 5.56 Å². The van der Waals surface area contributed by atoms with Gasteiger partial charge in [-0.3, -0.25) is 23.1 Å². The van der Waals surface area contributed by atoms with Gasteiger partial charge in [-0.05, 0) is 55.2 Å². The molecule has 198 valence electrons. The number of carbonyl (C=O) groups is 1. The van der Waals surface area contributed by atoms with Crippen molar-refractivity contribution in [3.63, 3.8) is 0 Å². The Morgan fingerprint density at radius 2 is 1.74 bits per heavy atom.